The first-order chi connectivity index (χ1) is 21.2. The van der Waals surface area contributed by atoms with Crippen LogP contribution in [0.15, 0.2) is 65.2 Å². The van der Waals surface area contributed by atoms with Crippen LogP contribution in [-0.2, 0) is 5.41 Å². The molecular formula is C42H46FNO. The lowest BCUT2D eigenvalue weighted by atomic mass is 9.79. The first kappa shape index (κ1) is 30.9. The highest BCUT2D eigenvalue weighted by Gasteiger charge is 2.37. The van der Waals surface area contributed by atoms with E-state index in [-0.39, 0.29) is 23.1 Å². The average molecular weight is 600 g/mol. The molecule has 0 N–H and O–H groups in total. The summed E-state index contributed by atoms with van der Waals surface area (Å²) in [7, 11) is 0. The first-order valence-corrected chi connectivity index (χ1v) is 16.3. The average Bonchev–Trinajstić information content (AvgIpc) is 3.36. The van der Waals surface area contributed by atoms with Crippen LogP contribution in [0.1, 0.15) is 125 Å². The summed E-state index contributed by atoms with van der Waals surface area (Å²) in [6.07, 6.45) is 3.95. The molecule has 45 heavy (non-hydrogen) atoms. The number of furan rings is 1. The summed E-state index contributed by atoms with van der Waals surface area (Å²) in [6.45, 7) is 26.5. The Morgan fingerprint density at radius 2 is 1.47 bits per heavy atom. The highest BCUT2D eigenvalue weighted by atomic mass is 19.1. The third-order valence-corrected chi connectivity index (χ3v) is 9.54. The Morgan fingerprint density at radius 1 is 0.844 bits per heavy atom. The van der Waals surface area contributed by atoms with Crippen molar-refractivity contribution in [3.05, 3.63) is 117 Å². The third kappa shape index (κ3) is 5.01. The molecule has 1 aliphatic heterocycles. The topological polar surface area (TPSA) is 14.3 Å². The van der Waals surface area contributed by atoms with Crippen LogP contribution in [0, 0.1) is 18.8 Å². The fourth-order valence-corrected chi connectivity index (χ4v) is 6.98. The summed E-state index contributed by atoms with van der Waals surface area (Å²) in [5.74, 6) is 1.22. The summed E-state index contributed by atoms with van der Waals surface area (Å²) in [5, 5.41) is 3.23. The molecule has 5 aromatic rings. The maximum Gasteiger partial charge on any atom is 0.318 e. The van der Waals surface area contributed by atoms with Gasteiger partial charge in [-0.05, 0) is 78.8 Å². The molecule has 6 rings (SSSR count). The monoisotopic (exact) mass is 599 g/mol. The van der Waals surface area contributed by atoms with Crippen LogP contribution in [0.3, 0.4) is 0 Å². The highest BCUT2D eigenvalue weighted by Crippen LogP contribution is 2.46. The van der Waals surface area contributed by atoms with Crippen LogP contribution >= 0.6 is 0 Å². The standard InChI is InChI=1S/C42H46FNO/c1-23(2)27-20-33(24(3)4)37(34(21-27)25(5)6)32-17-16-30-31-18-19-44(11)39(41(31)45-40(30)38(32)43)35-22-36(42(8,9)10)29-15-13-12-14-28(29)26(35)7/h12-25H,11H2,1-10H3. The second-order valence-electron chi connectivity index (χ2n) is 14.7. The van der Waals surface area contributed by atoms with Crippen molar-refractivity contribution in [2.24, 2.45) is 0 Å². The number of halogens is 1. The molecule has 0 atom stereocenters. The van der Waals surface area contributed by atoms with Gasteiger partial charge in [-0.2, -0.15) is 0 Å². The van der Waals surface area contributed by atoms with E-state index in [0.29, 0.717) is 22.8 Å². The third-order valence-electron chi connectivity index (χ3n) is 9.54. The molecule has 0 fully saturated rings. The molecule has 0 radical (unpaired) electrons. The van der Waals surface area contributed by atoms with Crippen molar-refractivity contribution in [2.75, 3.05) is 0 Å². The van der Waals surface area contributed by atoms with Crippen molar-refractivity contribution in [3.63, 3.8) is 0 Å². The van der Waals surface area contributed by atoms with Gasteiger partial charge in [0.2, 0.25) is 6.04 Å². The fraction of sp³-hybridized carbons (Fsp3) is 0.333. The van der Waals surface area contributed by atoms with Crippen LogP contribution in [0.5, 0.6) is 0 Å². The van der Waals surface area contributed by atoms with E-state index in [2.05, 4.69) is 118 Å². The second kappa shape index (κ2) is 11.1. The van der Waals surface area contributed by atoms with Gasteiger partial charge < -0.3 is 0 Å². The van der Waals surface area contributed by atoms with Gasteiger partial charge in [-0.1, -0.05) is 123 Å². The van der Waals surface area contributed by atoms with Crippen LogP contribution in [0.4, 0.5) is 4.39 Å². The zero-order valence-corrected chi connectivity index (χ0v) is 28.5. The lowest BCUT2D eigenvalue weighted by molar-refractivity contribution is -0.420. The minimum atomic E-state index is -0.308. The van der Waals surface area contributed by atoms with Crippen molar-refractivity contribution in [2.45, 2.75) is 92.4 Å². The van der Waals surface area contributed by atoms with E-state index < -0.39 is 0 Å². The Hall–Kier alpha value is -4.11. The zero-order chi connectivity index (χ0) is 32.5. The quantitative estimate of drug-likeness (QED) is 0.111. The second-order valence-corrected chi connectivity index (χ2v) is 14.7. The summed E-state index contributed by atoms with van der Waals surface area (Å²) in [5.41, 5.74) is 9.81. The van der Waals surface area contributed by atoms with Crippen molar-refractivity contribution < 1.29 is 13.4 Å². The number of aryl methyl sites for hydroxylation is 1. The van der Waals surface area contributed by atoms with Crippen LogP contribution in [-0.4, -0.2) is 11.3 Å². The van der Waals surface area contributed by atoms with Gasteiger partial charge >= 0.3 is 11.3 Å². The molecule has 0 saturated heterocycles. The van der Waals surface area contributed by atoms with Gasteiger partial charge in [0.05, 0.1) is 6.72 Å². The minimum Gasteiger partial charge on any atom is -0.281 e. The largest absolute Gasteiger partial charge is 0.318 e. The van der Waals surface area contributed by atoms with E-state index >= 15 is 4.39 Å². The summed E-state index contributed by atoms with van der Waals surface area (Å²) < 4.78 is 25.5. The summed E-state index contributed by atoms with van der Waals surface area (Å²) in [4.78, 5) is 0. The van der Waals surface area contributed by atoms with E-state index in [1.54, 1.807) is 0 Å². The molecule has 1 aromatic heterocycles. The van der Waals surface area contributed by atoms with Gasteiger partial charge in [0, 0.05) is 5.56 Å². The van der Waals surface area contributed by atoms with Gasteiger partial charge in [0.15, 0.2) is 5.82 Å². The first-order valence-electron chi connectivity index (χ1n) is 16.3. The minimum absolute atomic E-state index is 0.0792. The number of nitrogens with zero attached hydrogens (tertiary/aromatic N) is 1. The molecule has 0 unspecified atom stereocenters. The molecule has 0 amide bonds. The smallest absolute Gasteiger partial charge is 0.281 e. The Labute approximate surface area is 268 Å². The number of hydrogen-bond acceptors (Lipinski definition) is 0. The van der Waals surface area contributed by atoms with Crippen molar-refractivity contribution >= 4 is 34.5 Å². The molecule has 1 aliphatic rings. The molecule has 232 valence electrons. The highest BCUT2D eigenvalue weighted by molar-refractivity contribution is 5.95. The molecule has 0 bridgehead atoms. The van der Waals surface area contributed by atoms with Crippen molar-refractivity contribution in [3.8, 4) is 11.1 Å². The maximum absolute atomic E-state index is 17.0. The lowest BCUT2D eigenvalue weighted by Gasteiger charge is -2.28. The van der Waals surface area contributed by atoms with Gasteiger partial charge in [0.1, 0.15) is 6.20 Å². The Kier molecular flexibility index (Phi) is 7.59. The molecule has 0 saturated carbocycles. The fourth-order valence-electron chi connectivity index (χ4n) is 6.98. The van der Waals surface area contributed by atoms with Crippen LogP contribution in [0.2, 0.25) is 0 Å². The van der Waals surface area contributed by atoms with E-state index in [1.807, 2.05) is 29.0 Å². The summed E-state index contributed by atoms with van der Waals surface area (Å²) >= 11 is 0. The number of benzene rings is 4. The van der Waals surface area contributed by atoms with Crippen molar-refractivity contribution in [1.29, 1.82) is 0 Å². The zero-order valence-electron chi connectivity index (χ0n) is 28.5. The predicted molar refractivity (Wildman–Crippen MR) is 189 cm³/mol. The van der Waals surface area contributed by atoms with Gasteiger partial charge in [-0.3, -0.25) is 8.99 Å². The van der Waals surface area contributed by atoms with E-state index in [1.165, 1.54) is 33.0 Å². The van der Waals surface area contributed by atoms with Gasteiger partial charge in [-0.15, -0.1) is 12.1 Å². The SMILES string of the molecule is C=[N+]1C=Cc2c([o+][c-]3c(F)c(-c4c(C(C)C)cc(C(C)C)cc4C(C)C)ccc23)[C-]1c1cc(C(C)(C)C)c2ccccc2c1C. The van der Waals surface area contributed by atoms with E-state index in [9.17, 15) is 0 Å². The summed E-state index contributed by atoms with van der Waals surface area (Å²) in [6, 6.07) is 20.3. The lowest BCUT2D eigenvalue weighted by Crippen LogP contribution is -2.21. The molecule has 2 heterocycles. The van der Waals surface area contributed by atoms with Crippen LogP contribution < -0.4 is 0 Å². The Bertz CT molecular complexity index is 1980. The molecule has 3 heteroatoms. The Balaban J connectivity index is 1.61. The molecule has 0 aliphatic carbocycles. The molecule has 0 spiro atoms. The number of hydrogen-bond donors (Lipinski definition) is 0. The van der Waals surface area contributed by atoms with Crippen LogP contribution in [0.25, 0.3) is 38.9 Å². The molecular weight excluding hydrogens is 553 g/mol. The van der Waals surface area contributed by atoms with E-state index in [4.69, 9.17) is 4.42 Å². The van der Waals surface area contributed by atoms with Gasteiger partial charge in [-0.25, -0.2) is 4.39 Å². The number of rotatable bonds is 5. The van der Waals surface area contributed by atoms with E-state index in [0.717, 1.165) is 33.7 Å². The van der Waals surface area contributed by atoms with Gasteiger partial charge in [0.25, 0.3) is 0 Å². The predicted octanol–water partition coefficient (Wildman–Crippen LogP) is 12.0. The molecule has 2 nitrogen and oxygen atoms in total. The number of fused-ring (bicyclic) bond motifs is 4. The maximum atomic E-state index is 17.0. The normalized spacial score (nSPS) is 13.7. The van der Waals surface area contributed by atoms with Crippen molar-refractivity contribution in [1.82, 2.24) is 0 Å². The molecule has 4 aromatic carbocycles. The Morgan fingerprint density at radius 3 is 2.04 bits per heavy atom.